The summed E-state index contributed by atoms with van der Waals surface area (Å²) in [4.78, 5) is 32.0. The highest BCUT2D eigenvalue weighted by molar-refractivity contribution is 7.09. The van der Waals surface area contributed by atoms with Gasteiger partial charge in [0.05, 0.1) is 34.7 Å². The molecule has 0 unspecified atom stereocenters. The van der Waals surface area contributed by atoms with Crippen LogP contribution in [0.4, 0.5) is 4.39 Å². The van der Waals surface area contributed by atoms with Gasteiger partial charge in [0.1, 0.15) is 17.7 Å². The number of nitrogens with zero attached hydrogens (tertiary/aromatic N) is 1. The standard InChI is InChI=1S/C46H84FNO6SSi3/c1-20-36(42(51)46(27-22-28-46)39(30-40(49)50)53-57(16,17)44(8,9)10)41(54-58(18,19)45(11,12)13)33(3)24-21-23-32(2)25-26-38(52-56(14,15)43(5,6)7)37(47)29-35-31-55-34(4)48-35/h25,29,31,33,36,38-39,41H,20-24,26-28,30H2,1-19H3,(H,49,50)/b32-25+,37-29-/t33-,36+,38-,39-,41-/m0/s1. The second-order valence-electron chi connectivity index (χ2n) is 22.0. The first-order chi connectivity index (χ1) is 26.2. The zero-order chi connectivity index (χ0) is 44.9. The third-order valence-corrected chi connectivity index (χ3v) is 28.5. The summed E-state index contributed by atoms with van der Waals surface area (Å²) >= 11 is 1.51. The molecular formula is C46H84FNO6SSi3. The van der Waals surface area contributed by atoms with Crippen molar-refractivity contribution in [3.63, 3.8) is 0 Å². The molecule has 0 radical (unpaired) electrons. The van der Waals surface area contributed by atoms with E-state index in [-0.39, 0.29) is 51.1 Å². The number of carboxylic acid groups (broad SMARTS) is 1. The third-order valence-electron chi connectivity index (χ3n) is 14.3. The Balaban J connectivity index is 2.41. The van der Waals surface area contributed by atoms with E-state index in [9.17, 15) is 9.90 Å². The Bertz CT molecular complexity index is 1580. The van der Waals surface area contributed by atoms with Crippen molar-refractivity contribution >= 4 is 54.1 Å². The van der Waals surface area contributed by atoms with Crippen molar-refractivity contribution < 1.29 is 32.4 Å². The highest BCUT2D eigenvalue weighted by atomic mass is 32.1. The van der Waals surface area contributed by atoms with Crippen LogP contribution in [0.15, 0.2) is 22.9 Å². The molecule has 1 fully saturated rings. The number of carboxylic acids is 1. The van der Waals surface area contributed by atoms with E-state index >= 15 is 9.18 Å². The average Bonchev–Trinajstić information content (AvgIpc) is 3.43. The first-order valence-electron chi connectivity index (χ1n) is 22.0. The quantitative estimate of drug-likeness (QED) is 0.0915. The lowest BCUT2D eigenvalue weighted by Gasteiger charge is -2.52. The van der Waals surface area contributed by atoms with Gasteiger partial charge in [-0.2, -0.15) is 0 Å². The van der Waals surface area contributed by atoms with Gasteiger partial charge in [0, 0.05) is 11.3 Å². The minimum atomic E-state index is -2.39. The summed E-state index contributed by atoms with van der Waals surface area (Å²) in [6, 6.07) is 0. The van der Waals surface area contributed by atoms with Crippen LogP contribution in [-0.4, -0.2) is 65.1 Å². The van der Waals surface area contributed by atoms with E-state index in [2.05, 4.69) is 133 Å². The third kappa shape index (κ3) is 13.9. The van der Waals surface area contributed by atoms with E-state index in [4.69, 9.17) is 13.3 Å². The molecule has 0 aliphatic heterocycles. The van der Waals surface area contributed by atoms with Crippen LogP contribution < -0.4 is 0 Å². The lowest BCUT2D eigenvalue weighted by atomic mass is 9.58. The van der Waals surface area contributed by atoms with E-state index in [0.717, 1.165) is 30.7 Å². The van der Waals surface area contributed by atoms with Crippen LogP contribution in [0, 0.1) is 24.2 Å². The maximum absolute atomic E-state index is 16.0. The summed E-state index contributed by atoms with van der Waals surface area (Å²) in [5.41, 5.74) is 0.986. The number of thiazole rings is 1. The molecule has 1 aliphatic carbocycles. The Kier molecular flexibility index (Phi) is 18.5. The predicted molar refractivity (Wildman–Crippen MR) is 251 cm³/mol. The first-order valence-corrected chi connectivity index (χ1v) is 31.6. The second-order valence-corrected chi connectivity index (χ2v) is 37.4. The van der Waals surface area contributed by atoms with Gasteiger partial charge >= 0.3 is 5.97 Å². The van der Waals surface area contributed by atoms with Crippen molar-refractivity contribution in [2.45, 2.75) is 221 Å². The van der Waals surface area contributed by atoms with Gasteiger partial charge in [-0.15, -0.1) is 11.3 Å². The number of carbonyl (C=O) groups is 2. The van der Waals surface area contributed by atoms with Gasteiger partial charge in [0.25, 0.3) is 0 Å². The molecule has 1 N–H and O–H groups in total. The largest absolute Gasteiger partial charge is 0.481 e. The summed E-state index contributed by atoms with van der Waals surface area (Å²) < 4.78 is 36.8. The Labute approximate surface area is 361 Å². The minimum Gasteiger partial charge on any atom is -0.481 e. The molecule has 0 amide bonds. The lowest BCUT2D eigenvalue weighted by molar-refractivity contribution is -0.156. The van der Waals surface area contributed by atoms with E-state index in [1.807, 2.05) is 12.3 Å². The number of allylic oxidation sites excluding steroid dienone is 1. The predicted octanol–water partition coefficient (Wildman–Crippen LogP) is 14.3. The fourth-order valence-corrected chi connectivity index (χ4v) is 11.7. The van der Waals surface area contributed by atoms with E-state index in [0.29, 0.717) is 31.4 Å². The molecule has 0 bridgehead atoms. The Morgan fingerprint density at radius 3 is 1.88 bits per heavy atom. The normalized spacial score (nSPS) is 19.0. The monoisotopic (exact) mass is 882 g/mol. The van der Waals surface area contributed by atoms with E-state index < -0.39 is 48.5 Å². The van der Waals surface area contributed by atoms with Crippen molar-refractivity contribution in [1.82, 2.24) is 4.98 Å². The molecule has 0 saturated heterocycles. The molecule has 1 aliphatic rings. The van der Waals surface area contributed by atoms with Crippen LogP contribution in [0.3, 0.4) is 0 Å². The van der Waals surface area contributed by atoms with Crippen LogP contribution in [0.25, 0.3) is 6.08 Å². The number of Topliss-reactive ketones (excluding diaryl/α,β-unsaturated/α-hetero) is 1. The summed E-state index contributed by atoms with van der Waals surface area (Å²) in [6.07, 6.45) is 7.72. The van der Waals surface area contributed by atoms with Crippen LogP contribution >= 0.6 is 11.3 Å². The van der Waals surface area contributed by atoms with Crippen molar-refractivity contribution in [2.24, 2.45) is 17.3 Å². The fourth-order valence-electron chi connectivity index (χ4n) is 7.08. The number of ketones is 1. The smallest absolute Gasteiger partial charge is 0.305 e. The SMILES string of the molecule is CC[C@@H](C(=O)C1([C@H](CC(=O)O)O[Si](C)(C)C(C)(C)C)CCC1)[C@@H](O[Si](C)(C)C(C)(C)C)[C@@H](C)CCC/C(C)=C/C[C@H](O[Si](C)(C)C(C)(C)C)/C(F)=C/c1csc(C)n1. The highest BCUT2D eigenvalue weighted by Crippen LogP contribution is 2.53. The van der Waals surface area contributed by atoms with Crippen molar-refractivity contribution in [3.05, 3.63) is 33.6 Å². The summed E-state index contributed by atoms with van der Waals surface area (Å²) in [5.74, 6) is -1.37. The number of carbonyl (C=O) groups excluding carboxylic acids is 1. The van der Waals surface area contributed by atoms with Gasteiger partial charge in [-0.3, -0.25) is 9.59 Å². The van der Waals surface area contributed by atoms with Gasteiger partial charge in [0.15, 0.2) is 25.0 Å². The molecule has 0 aromatic carbocycles. The van der Waals surface area contributed by atoms with Gasteiger partial charge < -0.3 is 18.4 Å². The molecule has 2 rings (SSSR count). The van der Waals surface area contributed by atoms with Gasteiger partial charge in [0.2, 0.25) is 0 Å². The zero-order valence-electron chi connectivity index (χ0n) is 40.2. The van der Waals surface area contributed by atoms with Crippen molar-refractivity contribution in [2.75, 3.05) is 0 Å². The summed E-state index contributed by atoms with van der Waals surface area (Å²) in [6.45, 7) is 41.2. The summed E-state index contributed by atoms with van der Waals surface area (Å²) in [7, 11) is -6.99. The lowest BCUT2D eigenvalue weighted by Crippen LogP contribution is -2.59. The number of halogens is 1. The highest BCUT2D eigenvalue weighted by Gasteiger charge is 2.57. The van der Waals surface area contributed by atoms with E-state index in [1.54, 1.807) is 0 Å². The number of hydrogen-bond acceptors (Lipinski definition) is 7. The van der Waals surface area contributed by atoms with Gasteiger partial charge in [-0.25, -0.2) is 9.37 Å². The maximum atomic E-state index is 16.0. The fraction of sp³-hybridized carbons (Fsp3) is 0.804. The van der Waals surface area contributed by atoms with E-state index in [1.165, 1.54) is 23.0 Å². The van der Waals surface area contributed by atoms with Gasteiger partial charge in [-0.1, -0.05) is 94.2 Å². The molecule has 12 heteroatoms. The maximum Gasteiger partial charge on any atom is 0.305 e. The number of rotatable bonds is 22. The first kappa shape index (κ1) is 52.8. The number of hydrogen-bond donors (Lipinski definition) is 1. The zero-order valence-corrected chi connectivity index (χ0v) is 44.0. The Morgan fingerprint density at radius 2 is 1.45 bits per heavy atom. The average molecular weight is 883 g/mol. The number of aliphatic carboxylic acids is 1. The van der Waals surface area contributed by atoms with Crippen LogP contribution in [0.2, 0.25) is 54.4 Å². The number of aryl methyl sites for hydroxylation is 1. The molecular weight excluding hydrogens is 798 g/mol. The molecule has 7 nitrogen and oxygen atoms in total. The van der Waals surface area contributed by atoms with Crippen LogP contribution in [0.1, 0.15) is 152 Å². The molecule has 1 saturated carbocycles. The van der Waals surface area contributed by atoms with Crippen molar-refractivity contribution in [3.8, 4) is 0 Å². The van der Waals surface area contributed by atoms with Gasteiger partial charge in [-0.05, 0) is 125 Å². The number of aromatic nitrogens is 1. The molecule has 1 aromatic rings. The molecule has 58 heavy (non-hydrogen) atoms. The topological polar surface area (TPSA) is 95.0 Å². The Morgan fingerprint density at radius 1 is 0.931 bits per heavy atom. The molecule has 5 atom stereocenters. The second kappa shape index (κ2) is 20.3. The van der Waals surface area contributed by atoms with Crippen LogP contribution in [0.5, 0.6) is 0 Å². The molecule has 1 heterocycles. The molecule has 0 spiro atoms. The molecule has 1 aromatic heterocycles. The summed E-state index contributed by atoms with van der Waals surface area (Å²) in [5, 5.41) is 12.7. The minimum absolute atomic E-state index is 0.0534. The Hall–Kier alpha value is -1.29. The van der Waals surface area contributed by atoms with Crippen molar-refractivity contribution in [1.29, 1.82) is 0 Å². The van der Waals surface area contributed by atoms with Crippen LogP contribution in [-0.2, 0) is 22.9 Å². The molecule has 334 valence electrons.